The Morgan fingerprint density at radius 2 is 2.06 bits per heavy atom. The van der Waals surface area contributed by atoms with Crippen LogP contribution in [0.1, 0.15) is 5.01 Å². The van der Waals surface area contributed by atoms with Gasteiger partial charge in [0.2, 0.25) is 5.95 Å². The van der Waals surface area contributed by atoms with Crippen molar-refractivity contribution in [3.63, 3.8) is 0 Å². The number of hydrogen-bond donors (Lipinski definition) is 1. The van der Waals surface area contributed by atoms with E-state index >= 15 is 0 Å². The number of nitrogen functional groups attached to an aromatic ring is 1. The molecule has 3 rings (SSSR count). The molecule has 0 spiro atoms. The van der Waals surface area contributed by atoms with Crippen LogP contribution >= 0.6 is 34.5 Å². The molecule has 0 atom stereocenters. The molecule has 4 nitrogen and oxygen atoms in total. The van der Waals surface area contributed by atoms with Gasteiger partial charge in [0.15, 0.2) is 0 Å². The Morgan fingerprint density at radius 3 is 2.78 bits per heavy atom. The van der Waals surface area contributed by atoms with Crippen molar-refractivity contribution < 1.29 is 0 Å². The lowest BCUT2D eigenvalue weighted by atomic mass is 10.3. The first-order valence-electron chi connectivity index (χ1n) is 5.14. The maximum absolute atomic E-state index is 6.02. The van der Waals surface area contributed by atoms with Gasteiger partial charge in [0, 0.05) is 11.6 Å². The van der Waals surface area contributed by atoms with E-state index in [4.69, 9.17) is 28.9 Å². The molecule has 0 aliphatic carbocycles. The standard InChI is InChI=1S/C11H8Cl2N4S/c12-6-3-8-9(4-7(6)13)17(11(14)16-8)5-10-15-1-2-18-10/h1-4H,5H2,(H2,14,16). The van der Waals surface area contributed by atoms with Crippen LogP contribution in [0, 0.1) is 0 Å². The van der Waals surface area contributed by atoms with Crippen LogP contribution < -0.4 is 5.73 Å². The van der Waals surface area contributed by atoms with Crippen molar-refractivity contribution in [3.8, 4) is 0 Å². The highest BCUT2D eigenvalue weighted by atomic mass is 35.5. The second-order valence-electron chi connectivity index (χ2n) is 3.74. The Kier molecular flexibility index (Phi) is 2.89. The number of benzene rings is 1. The Balaban J connectivity index is 2.16. The first-order chi connectivity index (χ1) is 8.65. The molecule has 0 radical (unpaired) electrons. The van der Waals surface area contributed by atoms with Crippen molar-refractivity contribution >= 4 is 51.5 Å². The van der Waals surface area contributed by atoms with Crippen molar-refractivity contribution in [2.75, 3.05) is 5.73 Å². The van der Waals surface area contributed by atoms with Crippen LogP contribution in [0.15, 0.2) is 23.7 Å². The SMILES string of the molecule is Nc1nc2cc(Cl)c(Cl)cc2n1Cc1nccs1. The van der Waals surface area contributed by atoms with Crippen molar-refractivity contribution in [1.82, 2.24) is 14.5 Å². The second-order valence-corrected chi connectivity index (χ2v) is 5.53. The van der Waals surface area contributed by atoms with E-state index in [0.29, 0.717) is 22.5 Å². The molecule has 2 aromatic heterocycles. The lowest BCUT2D eigenvalue weighted by Gasteiger charge is -2.04. The average Bonchev–Trinajstić information content (AvgIpc) is 2.92. The Bertz CT molecular complexity index is 705. The third-order valence-corrected chi connectivity index (χ3v) is 4.08. The number of nitrogens with zero attached hydrogens (tertiary/aromatic N) is 3. The predicted molar refractivity (Wildman–Crippen MR) is 75.4 cm³/mol. The molecule has 0 unspecified atom stereocenters. The van der Waals surface area contributed by atoms with Gasteiger partial charge in [-0.05, 0) is 12.1 Å². The third kappa shape index (κ3) is 1.94. The highest BCUT2D eigenvalue weighted by Gasteiger charge is 2.12. The van der Waals surface area contributed by atoms with Crippen LogP contribution in [-0.4, -0.2) is 14.5 Å². The highest BCUT2D eigenvalue weighted by molar-refractivity contribution is 7.09. The van der Waals surface area contributed by atoms with Gasteiger partial charge in [0.1, 0.15) is 5.01 Å². The molecule has 3 aromatic rings. The van der Waals surface area contributed by atoms with E-state index in [1.54, 1.807) is 29.7 Å². The molecule has 2 N–H and O–H groups in total. The molecule has 7 heteroatoms. The number of rotatable bonds is 2. The summed E-state index contributed by atoms with van der Waals surface area (Å²) in [5, 5.41) is 3.86. The monoisotopic (exact) mass is 298 g/mol. The summed E-state index contributed by atoms with van der Waals surface area (Å²) >= 11 is 13.6. The zero-order valence-electron chi connectivity index (χ0n) is 9.10. The summed E-state index contributed by atoms with van der Waals surface area (Å²) in [6.45, 7) is 0.581. The molecule has 0 fully saturated rings. The van der Waals surface area contributed by atoms with E-state index in [1.165, 1.54) is 0 Å². The number of thiazole rings is 1. The fourth-order valence-corrected chi connectivity index (χ4v) is 2.69. The van der Waals surface area contributed by atoms with Crippen molar-refractivity contribution in [1.29, 1.82) is 0 Å². The quantitative estimate of drug-likeness (QED) is 0.788. The Morgan fingerprint density at radius 1 is 1.28 bits per heavy atom. The van der Waals surface area contributed by atoms with E-state index in [-0.39, 0.29) is 0 Å². The molecule has 0 saturated carbocycles. The van der Waals surface area contributed by atoms with Gasteiger partial charge in [0.25, 0.3) is 0 Å². The minimum Gasteiger partial charge on any atom is -0.369 e. The van der Waals surface area contributed by atoms with Crippen LogP contribution in [0.3, 0.4) is 0 Å². The van der Waals surface area contributed by atoms with Gasteiger partial charge < -0.3 is 10.3 Å². The number of imidazole rings is 1. The highest BCUT2D eigenvalue weighted by Crippen LogP contribution is 2.29. The van der Waals surface area contributed by atoms with E-state index in [2.05, 4.69) is 9.97 Å². The number of fused-ring (bicyclic) bond motifs is 1. The van der Waals surface area contributed by atoms with Crippen molar-refractivity contribution in [2.24, 2.45) is 0 Å². The first kappa shape index (κ1) is 11.8. The molecule has 2 heterocycles. The third-order valence-electron chi connectivity index (χ3n) is 2.60. The van der Waals surface area contributed by atoms with Gasteiger partial charge in [-0.1, -0.05) is 23.2 Å². The minimum atomic E-state index is 0.429. The second kappa shape index (κ2) is 4.42. The topological polar surface area (TPSA) is 56.7 Å². The van der Waals surface area contributed by atoms with Gasteiger partial charge >= 0.3 is 0 Å². The summed E-state index contributed by atoms with van der Waals surface area (Å²) in [6.07, 6.45) is 1.76. The summed E-state index contributed by atoms with van der Waals surface area (Å²) < 4.78 is 1.87. The average molecular weight is 299 g/mol. The van der Waals surface area contributed by atoms with Gasteiger partial charge in [-0.15, -0.1) is 11.3 Å². The van der Waals surface area contributed by atoms with Crippen molar-refractivity contribution in [3.05, 3.63) is 38.8 Å². The fraction of sp³-hybridized carbons (Fsp3) is 0.0909. The van der Waals surface area contributed by atoms with E-state index in [9.17, 15) is 0 Å². The lowest BCUT2D eigenvalue weighted by molar-refractivity contribution is 0.830. The summed E-state index contributed by atoms with van der Waals surface area (Å²) in [5.74, 6) is 0.429. The summed E-state index contributed by atoms with van der Waals surface area (Å²) in [7, 11) is 0. The number of nitrogens with two attached hydrogens (primary N) is 1. The number of halogens is 2. The molecule has 92 valence electrons. The van der Waals surface area contributed by atoms with Crippen LogP contribution in [0.2, 0.25) is 10.0 Å². The minimum absolute atomic E-state index is 0.429. The Hall–Kier alpha value is -1.30. The van der Waals surface area contributed by atoms with E-state index in [0.717, 1.165) is 16.0 Å². The predicted octanol–water partition coefficient (Wildman–Crippen LogP) is 3.43. The molecule has 1 aromatic carbocycles. The summed E-state index contributed by atoms with van der Waals surface area (Å²) in [4.78, 5) is 8.50. The van der Waals surface area contributed by atoms with Gasteiger partial charge in [-0.25, -0.2) is 9.97 Å². The molecule has 0 bridgehead atoms. The molecule has 0 saturated heterocycles. The maximum atomic E-state index is 6.02. The molecular formula is C11H8Cl2N4S. The normalized spacial score (nSPS) is 11.2. The fourth-order valence-electron chi connectivity index (χ4n) is 1.77. The first-order valence-corrected chi connectivity index (χ1v) is 6.78. The zero-order chi connectivity index (χ0) is 12.7. The van der Waals surface area contributed by atoms with E-state index in [1.807, 2.05) is 9.95 Å². The molecule has 0 aliphatic rings. The zero-order valence-corrected chi connectivity index (χ0v) is 11.4. The maximum Gasteiger partial charge on any atom is 0.201 e. The van der Waals surface area contributed by atoms with Crippen LogP contribution in [0.25, 0.3) is 11.0 Å². The molecular weight excluding hydrogens is 291 g/mol. The van der Waals surface area contributed by atoms with Crippen LogP contribution in [0.5, 0.6) is 0 Å². The van der Waals surface area contributed by atoms with Crippen LogP contribution in [-0.2, 0) is 6.54 Å². The number of aromatic nitrogens is 3. The number of anilines is 1. The molecule has 18 heavy (non-hydrogen) atoms. The van der Waals surface area contributed by atoms with E-state index < -0.39 is 0 Å². The Labute approximate surface area is 117 Å². The van der Waals surface area contributed by atoms with Crippen molar-refractivity contribution in [2.45, 2.75) is 6.54 Å². The largest absolute Gasteiger partial charge is 0.369 e. The lowest BCUT2D eigenvalue weighted by Crippen LogP contribution is -2.04. The summed E-state index contributed by atoms with van der Waals surface area (Å²) in [6, 6.07) is 3.49. The van der Waals surface area contributed by atoms with Gasteiger partial charge in [0.05, 0.1) is 27.6 Å². The van der Waals surface area contributed by atoms with Gasteiger partial charge in [-0.3, -0.25) is 0 Å². The number of hydrogen-bond acceptors (Lipinski definition) is 4. The summed E-state index contributed by atoms with van der Waals surface area (Å²) in [5.41, 5.74) is 7.51. The molecule has 0 amide bonds. The van der Waals surface area contributed by atoms with Gasteiger partial charge in [-0.2, -0.15) is 0 Å². The molecule has 0 aliphatic heterocycles. The van der Waals surface area contributed by atoms with Crippen LogP contribution in [0.4, 0.5) is 5.95 Å². The smallest absolute Gasteiger partial charge is 0.201 e.